The highest BCUT2D eigenvalue weighted by atomic mass is 13.6. The van der Waals surface area contributed by atoms with E-state index in [2.05, 4.69) is 25.7 Å². The van der Waals surface area contributed by atoms with Crippen molar-refractivity contribution in [3.8, 4) is 0 Å². The maximum atomic E-state index is 3.46. The molecule has 0 amide bonds. The highest BCUT2D eigenvalue weighted by molar-refractivity contribution is 4.94. The van der Waals surface area contributed by atoms with Gasteiger partial charge in [-0.15, -0.1) is 0 Å². The zero-order chi connectivity index (χ0) is 8.24. The van der Waals surface area contributed by atoms with E-state index in [1.54, 1.807) is 6.08 Å². The molecule has 0 heterocycles. The van der Waals surface area contributed by atoms with Crippen molar-refractivity contribution in [3.05, 3.63) is 37.0 Å². The third-order valence-corrected chi connectivity index (χ3v) is 0.800. The number of allylic oxidation sites excluding steroid dienone is 5. The van der Waals surface area contributed by atoms with Crippen molar-refractivity contribution in [3.63, 3.8) is 0 Å². The molecule has 0 unspecified atom stereocenters. The summed E-state index contributed by atoms with van der Waals surface area (Å²) in [5.41, 5.74) is 0. The smallest absolute Gasteiger partial charge is 0.0379 e. The fourth-order valence-electron chi connectivity index (χ4n) is 0.372. The zero-order valence-corrected chi connectivity index (χ0v) is 7.30. The Hall–Kier alpha value is -0.780. The summed E-state index contributed by atoms with van der Waals surface area (Å²) in [5, 5.41) is 0. The maximum absolute atomic E-state index is 3.46. The molecule has 0 saturated heterocycles. The van der Waals surface area contributed by atoms with Gasteiger partial charge in [0.15, 0.2) is 0 Å². The average molecular weight is 138 g/mol. The Morgan fingerprint density at radius 1 is 1.20 bits per heavy atom. The third kappa shape index (κ3) is 26.9. The van der Waals surface area contributed by atoms with E-state index in [0.717, 1.165) is 6.42 Å². The van der Waals surface area contributed by atoms with Crippen molar-refractivity contribution >= 4 is 0 Å². The lowest BCUT2D eigenvalue weighted by Crippen LogP contribution is -1.43. The van der Waals surface area contributed by atoms with Gasteiger partial charge < -0.3 is 0 Å². The van der Waals surface area contributed by atoms with E-state index < -0.39 is 0 Å². The van der Waals surface area contributed by atoms with Crippen LogP contribution in [0.1, 0.15) is 27.2 Å². The van der Waals surface area contributed by atoms with Crippen LogP contribution >= 0.6 is 0 Å². The Labute approximate surface area is 65.0 Å². The lowest BCUT2D eigenvalue weighted by molar-refractivity contribution is 1.22. The molecule has 10 heavy (non-hydrogen) atoms. The van der Waals surface area contributed by atoms with Gasteiger partial charge in [-0.1, -0.05) is 43.9 Å². The molecule has 58 valence electrons. The summed E-state index contributed by atoms with van der Waals surface area (Å²) in [5.74, 6) is 0. The van der Waals surface area contributed by atoms with Gasteiger partial charge in [0.1, 0.15) is 0 Å². The lowest BCUT2D eigenvalue weighted by Gasteiger charge is -1.65. The summed E-state index contributed by atoms with van der Waals surface area (Å²) >= 11 is 0. The molecule has 0 aromatic carbocycles. The van der Waals surface area contributed by atoms with Gasteiger partial charge in [0.25, 0.3) is 0 Å². The Kier molecular flexibility index (Phi) is 18.8. The SMILES string of the molecule is C/C=C/CC.C=C/C=C\C. The largest absolute Gasteiger partial charge is 0.0991 e. The van der Waals surface area contributed by atoms with Crippen molar-refractivity contribution in [2.75, 3.05) is 0 Å². The maximum Gasteiger partial charge on any atom is -0.0379 e. The predicted octanol–water partition coefficient (Wildman–Crippen LogP) is 3.72. The molecule has 0 aliphatic carbocycles. The molecule has 0 fully saturated rings. The molecule has 0 atom stereocenters. The molecule has 0 aliphatic rings. The van der Waals surface area contributed by atoms with E-state index in [0.29, 0.717) is 0 Å². The van der Waals surface area contributed by atoms with Crippen molar-refractivity contribution in [2.24, 2.45) is 0 Å². The molecule has 0 bridgehead atoms. The second kappa shape index (κ2) is 15.7. The predicted molar refractivity (Wildman–Crippen MR) is 50.1 cm³/mol. The van der Waals surface area contributed by atoms with E-state index in [9.17, 15) is 0 Å². The first-order chi connectivity index (χ1) is 4.83. The van der Waals surface area contributed by atoms with Crippen LogP contribution in [0.4, 0.5) is 0 Å². The first kappa shape index (κ1) is 12.0. The van der Waals surface area contributed by atoms with Crippen molar-refractivity contribution in [1.29, 1.82) is 0 Å². The first-order valence-electron chi connectivity index (χ1n) is 3.68. The van der Waals surface area contributed by atoms with Gasteiger partial charge in [0.2, 0.25) is 0 Å². The van der Waals surface area contributed by atoms with Crippen LogP contribution in [0.5, 0.6) is 0 Å². The van der Waals surface area contributed by atoms with Crippen LogP contribution in [0, 0.1) is 0 Å². The number of hydrogen-bond acceptors (Lipinski definition) is 0. The van der Waals surface area contributed by atoms with Crippen LogP contribution in [0.2, 0.25) is 0 Å². The van der Waals surface area contributed by atoms with Gasteiger partial charge in [-0.2, -0.15) is 0 Å². The monoisotopic (exact) mass is 138 g/mol. The van der Waals surface area contributed by atoms with Crippen LogP contribution in [0.15, 0.2) is 37.0 Å². The fraction of sp³-hybridized carbons (Fsp3) is 0.400. The minimum Gasteiger partial charge on any atom is -0.0991 e. The molecule has 0 aromatic rings. The second-order valence-corrected chi connectivity index (χ2v) is 1.74. The van der Waals surface area contributed by atoms with Gasteiger partial charge in [0.05, 0.1) is 0 Å². The average Bonchev–Trinajstić information content (AvgIpc) is 1.93. The Bertz CT molecular complexity index is 96.6. The molecule has 0 aliphatic heterocycles. The molecule has 0 nitrogen and oxygen atoms in total. The quantitative estimate of drug-likeness (QED) is 0.403. The normalized spacial score (nSPS) is 9.50. The molecule has 0 rings (SSSR count). The summed E-state index contributed by atoms with van der Waals surface area (Å²) in [6, 6.07) is 0. The summed E-state index contributed by atoms with van der Waals surface area (Å²) in [6.45, 7) is 9.58. The topological polar surface area (TPSA) is 0 Å². The van der Waals surface area contributed by atoms with Crippen molar-refractivity contribution in [2.45, 2.75) is 27.2 Å². The van der Waals surface area contributed by atoms with E-state index in [1.165, 1.54) is 0 Å². The van der Waals surface area contributed by atoms with Crippen LogP contribution in [0.3, 0.4) is 0 Å². The number of hydrogen-bond donors (Lipinski definition) is 0. The molecule has 0 heteroatoms. The molecular formula is C10H18. The summed E-state index contributed by atoms with van der Waals surface area (Å²) < 4.78 is 0. The Balaban J connectivity index is 0. The minimum absolute atomic E-state index is 1.16. The third-order valence-electron chi connectivity index (χ3n) is 0.800. The summed E-state index contributed by atoms with van der Waals surface area (Å²) in [4.78, 5) is 0. The van der Waals surface area contributed by atoms with E-state index in [-0.39, 0.29) is 0 Å². The van der Waals surface area contributed by atoms with Gasteiger partial charge >= 0.3 is 0 Å². The van der Waals surface area contributed by atoms with Gasteiger partial charge in [-0.05, 0) is 20.3 Å². The van der Waals surface area contributed by atoms with Crippen LogP contribution in [-0.4, -0.2) is 0 Å². The summed E-state index contributed by atoms with van der Waals surface area (Å²) in [6.07, 6.45) is 10.9. The molecule has 0 N–H and O–H groups in total. The summed E-state index contributed by atoms with van der Waals surface area (Å²) in [7, 11) is 0. The minimum atomic E-state index is 1.16. The second-order valence-electron chi connectivity index (χ2n) is 1.74. The van der Waals surface area contributed by atoms with Gasteiger partial charge in [-0.25, -0.2) is 0 Å². The molecular weight excluding hydrogens is 120 g/mol. The first-order valence-corrected chi connectivity index (χ1v) is 3.68. The molecule has 0 saturated carbocycles. The number of rotatable bonds is 2. The van der Waals surface area contributed by atoms with Crippen LogP contribution in [0.25, 0.3) is 0 Å². The molecule has 0 aromatic heterocycles. The Morgan fingerprint density at radius 2 is 1.80 bits per heavy atom. The standard InChI is InChI=1S/C5H10.C5H8/c2*1-3-5-4-2/h3,5H,4H2,1-2H3;3-5H,1H2,2H3/b5-3+;5-4-. The van der Waals surface area contributed by atoms with Gasteiger partial charge in [-0.3, -0.25) is 0 Å². The molecule has 0 spiro atoms. The van der Waals surface area contributed by atoms with Crippen molar-refractivity contribution in [1.82, 2.24) is 0 Å². The molecule has 0 radical (unpaired) electrons. The van der Waals surface area contributed by atoms with Crippen molar-refractivity contribution < 1.29 is 0 Å². The van der Waals surface area contributed by atoms with Gasteiger partial charge in [0, 0.05) is 0 Å². The van der Waals surface area contributed by atoms with Crippen LogP contribution in [-0.2, 0) is 0 Å². The lowest BCUT2D eigenvalue weighted by atomic mass is 10.4. The van der Waals surface area contributed by atoms with E-state index >= 15 is 0 Å². The van der Waals surface area contributed by atoms with Crippen LogP contribution < -0.4 is 0 Å². The van der Waals surface area contributed by atoms with E-state index in [1.807, 2.05) is 26.0 Å². The fourth-order valence-corrected chi connectivity index (χ4v) is 0.372. The zero-order valence-electron chi connectivity index (χ0n) is 7.30. The Morgan fingerprint density at radius 3 is 1.80 bits per heavy atom. The van der Waals surface area contributed by atoms with E-state index in [4.69, 9.17) is 0 Å². The highest BCUT2D eigenvalue weighted by Crippen LogP contribution is 1.73. The highest BCUT2D eigenvalue weighted by Gasteiger charge is 1.52.